The van der Waals surface area contributed by atoms with Crippen molar-refractivity contribution < 1.29 is 13.2 Å². The second kappa shape index (κ2) is 8.20. The van der Waals surface area contributed by atoms with Gasteiger partial charge in [-0.1, -0.05) is 36.2 Å². The van der Waals surface area contributed by atoms with Gasteiger partial charge in [0.25, 0.3) is 5.91 Å². The molecule has 26 heavy (non-hydrogen) atoms. The Labute approximate surface area is 159 Å². The summed E-state index contributed by atoms with van der Waals surface area (Å²) >= 11 is 5.89. The summed E-state index contributed by atoms with van der Waals surface area (Å²) in [4.78, 5) is 12.4. The molecular weight excluding hydrogens is 372 g/mol. The van der Waals surface area contributed by atoms with Crippen molar-refractivity contribution in [3.05, 3.63) is 64.7 Å². The maximum atomic E-state index is 12.6. The summed E-state index contributed by atoms with van der Waals surface area (Å²) in [5, 5.41) is 3.31. The Kier molecular flexibility index (Phi) is 5.96. The molecule has 1 amide bonds. The molecule has 0 spiro atoms. The first kappa shape index (κ1) is 18.9. The molecule has 0 radical (unpaired) electrons. The zero-order chi connectivity index (χ0) is 18.6. The highest BCUT2D eigenvalue weighted by Gasteiger charge is 2.25. The highest BCUT2D eigenvalue weighted by Crippen LogP contribution is 2.21. The third-order valence-corrected chi connectivity index (χ3v) is 6.56. The summed E-state index contributed by atoms with van der Waals surface area (Å²) < 4.78 is 26.8. The van der Waals surface area contributed by atoms with Crippen LogP contribution in [0.4, 0.5) is 0 Å². The predicted octanol–water partition coefficient (Wildman–Crippen LogP) is 3.44. The van der Waals surface area contributed by atoms with E-state index in [1.807, 2.05) is 0 Å². The molecule has 138 valence electrons. The van der Waals surface area contributed by atoms with E-state index in [0.717, 1.165) is 24.8 Å². The third kappa shape index (κ3) is 4.44. The van der Waals surface area contributed by atoms with Crippen LogP contribution in [0, 0.1) is 0 Å². The molecule has 1 N–H and O–H groups in total. The van der Waals surface area contributed by atoms with Crippen LogP contribution in [0.3, 0.4) is 0 Å². The summed E-state index contributed by atoms with van der Waals surface area (Å²) in [7, 11) is -3.43. The largest absolute Gasteiger partial charge is 0.348 e. The van der Waals surface area contributed by atoms with Crippen LogP contribution in [0.5, 0.6) is 0 Å². The van der Waals surface area contributed by atoms with Crippen molar-refractivity contribution >= 4 is 27.5 Å². The molecule has 3 rings (SSSR count). The van der Waals surface area contributed by atoms with E-state index in [0.29, 0.717) is 35.1 Å². The average Bonchev–Trinajstić information content (AvgIpc) is 2.67. The quantitative estimate of drug-likeness (QED) is 0.847. The summed E-state index contributed by atoms with van der Waals surface area (Å²) in [5.41, 5.74) is 1.32. The van der Waals surface area contributed by atoms with Gasteiger partial charge in [0.2, 0.25) is 10.0 Å². The van der Waals surface area contributed by atoms with Gasteiger partial charge >= 0.3 is 0 Å². The predicted molar refractivity (Wildman–Crippen MR) is 102 cm³/mol. The second-order valence-corrected chi connectivity index (χ2v) is 8.68. The fourth-order valence-corrected chi connectivity index (χ4v) is 4.66. The lowest BCUT2D eigenvalue weighted by Crippen LogP contribution is -2.35. The number of nitrogens with one attached hydrogen (secondary N) is 1. The number of hydrogen-bond donors (Lipinski definition) is 1. The summed E-state index contributed by atoms with van der Waals surface area (Å²) in [6, 6.07) is 13.4. The van der Waals surface area contributed by atoms with E-state index in [-0.39, 0.29) is 5.91 Å². The molecule has 1 heterocycles. The fourth-order valence-electron chi connectivity index (χ4n) is 2.95. The first-order valence-electron chi connectivity index (χ1n) is 8.60. The smallest absolute Gasteiger partial charge is 0.251 e. The maximum absolute atomic E-state index is 12.6. The Morgan fingerprint density at radius 2 is 1.73 bits per heavy atom. The summed E-state index contributed by atoms with van der Waals surface area (Å²) in [6.07, 6.45) is 2.90. The van der Waals surface area contributed by atoms with Crippen molar-refractivity contribution in [1.82, 2.24) is 9.62 Å². The molecule has 0 aromatic heterocycles. The average molecular weight is 393 g/mol. The van der Waals surface area contributed by atoms with E-state index in [1.54, 1.807) is 52.8 Å². The molecule has 7 heteroatoms. The Morgan fingerprint density at radius 1 is 1.04 bits per heavy atom. The second-order valence-electron chi connectivity index (χ2n) is 6.30. The Bertz CT molecular complexity index is 876. The minimum Gasteiger partial charge on any atom is -0.348 e. The number of hydrogen-bond acceptors (Lipinski definition) is 3. The van der Waals surface area contributed by atoms with Crippen molar-refractivity contribution in [2.75, 3.05) is 13.1 Å². The lowest BCUT2D eigenvalue weighted by atomic mass is 10.2. The zero-order valence-corrected chi connectivity index (χ0v) is 15.9. The number of piperidine rings is 1. The van der Waals surface area contributed by atoms with Crippen LogP contribution >= 0.6 is 11.6 Å². The molecule has 1 aliphatic heterocycles. The van der Waals surface area contributed by atoms with Crippen molar-refractivity contribution in [2.45, 2.75) is 30.7 Å². The van der Waals surface area contributed by atoms with Crippen molar-refractivity contribution in [3.63, 3.8) is 0 Å². The first-order valence-corrected chi connectivity index (χ1v) is 10.4. The van der Waals surface area contributed by atoms with Gasteiger partial charge in [0.05, 0.1) is 4.90 Å². The summed E-state index contributed by atoms with van der Waals surface area (Å²) in [5.74, 6) is -0.225. The Balaban J connectivity index is 1.63. The molecule has 0 saturated carbocycles. The van der Waals surface area contributed by atoms with Crippen LogP contribution in [-0.4, -0.2) is 31.7 Å². The van der Waals surface area contributed by atoms with Gasteiger partial charge in [0.1, 0.15) is 0 Å². The fraction of sp³-hybridized carbons (Fsp3) is 0.316. The number of sulfonamides is 1. The van der Waals surface area contributed by atoms with Gasteiger partial charge < -0.3 is 5.32 Å². The number of amides is 1. The van der Waals surface area contributed by atoms with Gasteiger partial charge in [-0.25, -0.2) is 8.42 Å². The summed E-state index contributed by atoms with van der Waals surface area (Å²) in [6.45, 7) is 1.48. The molecule has 2 aromatic rings. The van der Waals surface area contributed by atoms with Crippen LogP contribution in [0.1, 0.15) is 35.2 Å². The monoisotopic (exact) mass is 392 g/mol. The van der Waals surface area contributed by atoms with E-state index in [1.165, 1.54) is 0 Å². The molecule has 0 aliphatic carbocycles. The van der Waals surface area contributed by atoms with Gasteiger partial charge in [0.15, 0.2) is 0 Å². The van der Waals surface area contributed by atoms with E-state index in [2.05, 4.69) is 5.32 Å². The van der Waals surface area contributed by atoms with E-state index in [9.17, 15) is 13.2 Å². The van der Waals surface area contributed by atoms with Crippen LogP contribution in [-0.2, 0) is 16.6 Å². The van der Waals surface area contributed by atoms with Gasteiger partial charge in [-0.15, -0.1) is 0 Å². The molecule has 0 unspecified atom stereocenters. The number of nitrogens with zero attached hydrogens (tertiary/aromatic N) is 1. The zero-order valence-electron chi connectivity index (χ0n) is 14.3. The van der Waals surface area contributed by atoms with Crippen LogP contribution in [0.2, 0.25) is 5.02 Å². The first-order chi connectivity index (χ1) is 12.5. The number of rotatable bonds is 5. The Hall–Kier alpha value is -1.89. The van der Waals surface area contributed by atoms with E-state index < -0.39 is 10.0 Å². The maximum Gasteiger partial charge on any atom is 0.251 e. The molecule has 1 fully saturated rings. The van der Waals surface area contributed by atoms with Crippen LogP contribution in [0.25, 0.3) is 0 Å². The van der Waals surface area contributed by atoms with Crippen LogP contribution in [0.15, 0.2) is 53.4 Å². The third-order valence-electron chi connectivity index (χ3n) is 4.42. The van der Waals surface area contributed by atoms with Gasteiger partial charge in [0, 0.05) is 30.2 Å². The normalized spacial score (nSPS) is 15.6. The van der Waals surface area contributed by atoms with Crippen LogP contribution < -0.4 is 5.32 Å². The highest BCUT2D eigenvalue weighted by molar-refractivity contribution is 7.89. The standard InChI is InChI=1S/C19H21ClN2O3S/c20-17-6-4-5-16(13-17)19(23)21-14-15-7-9-18(10-8-15)26(24,25)22-11-2-1-3-12-22/h4-10,13H,1-3,11-12,14H2,(H,21,23). The molecule has 0 atom stereocenters. The molecule has 5 nitrogen and oxygen atoms in total. The molecule has 0 bridgehead atoms. The van der Waals surface area contributed by atoms with Crippen molar-refractivity contribution in [3.8, 4) is 0 Å². The van der Waals surface area contributed by atoms with Gasteiger partial charge in [-0.3, -0.25) is 4.79 Å². The molecule has 2 aromatic carbocycles. The number of carbonyl (C=O) groups is 1. The minimum absolute atomic E-state index is 0.225. The lowest BCUT2D eigenvalue weighted by Gasteiger charge is -2.25. The SMILES string of the molecule is O=C(NCc1ccc(S(=O)(=O)N2CCCCC2)cc1)c1cccc(Cl)c1. The Morgan fingerprint density at radius 3 is 2.38 bits per heavy atom. The van der Waals surface area contributed by atoms with Crippen molar-refractivity contribution in [1.29, 1.82) is 0 Å². The number of halogens is 1. The molecule has 1 saturated heterocycles. The molecular formula is C19H21ClN2O3S. The lowest BCUT2D eigenvalue weighted by molar-refractivity contribution is 0.0951. The number of carbonyl (C=O) groups excluding carboxylic acids is 1. The minimum atomic E-state index is -3.43. The highest BCUT2D eigenvalue weighted by atomic mass is 35.5. The van der Waals surface area contributed by atoms with Gasteiger partial charge in [-0.2, -0.15) is 4.31 Å². The molecule has 1 aliphatic rings. The van der Waals surface area contributed by atoms with Crippen molar-refractivity contribution in [2.24, 2.45) is 0 Å². The topological polar surface area (TPSA) is 66.5 Å². The van der Waals surface area contributed by atoms with Gasteiger partial charge in [-0.05, 0) is 48.7 Å². The number of benzene rings is 2. The van der Waals surface area contributed by atoms with E-state index in [4.69, 9.17) is 11.6 Å². The van der Waals surface area contributed by atoms with E-state index >= 15 is 0 Å².